The Labute approximate surface area is 196 Å². The van der Waals surface area contributed by atoms with Crippen molar-refractivity contribution < 1.29 is 17.9 Å². The minimum atomic E-state index is -3.50. The van der Waals surface area contributed by atoms with E-state index in [1.165, 1.54) is 30.8 Å². The second kappa shape index (κ2) is 9.36. The number of carbonyl (C=O) groups is 1. The van der Waals surface area contributed by atoms with E-state index in [4.69, 9.17) is 4.74 Å². The van der Waals surface area contributed by atoms with Crippen LogP contribution in [0.5, 0.6) is 5.75 Å². The molecule has 10 heteroatoms. The Morgan fingerprint density at radius 2 is 1.68 bits per heavy atom. The Hall–Kier alpha value is -4.18. The van der Waals surface area contributed by atoms with Crippen LogP contribution in [0.15, 0.2) is 77.6 Å². The monoisotopic (exact) mass is 478 g/mol. The molecule has 3 aromatic carbocycles. The fourth-order valence-corrected chi connectivity index (χ4v) is 4.03. The van der Waals surface area contributed by atoms with Crippen LogP contribution in [0.2, 0.25) is 0 Å². The van der Waals surface area contributed by atoms with Gasteiger partial charge in [0.05, 0.1) is 29.6 Å². The summed E-state index contributed by atoms with van der Waals surface area (Å²) in [6, 6.07) is 20.1. The van der Waals surface area contributed by atoms with Gasteiger partial charge in [0.1, 0.15) is 5.75 Å². The molecule has 4 aromatic rings. The van der Waals surface area contributed by atoms with Crippen molar-refractivity contribution in [3.8, 4) is 11.4 Å². The molecule has 0 unspecified atom stereocenters. The molecule has 1 aromatic heterocycles. The van der Waals surface area contributed by atoms with Crippen molar-refractivity contribution in [3.05, 3.63) is 88.8 Å². The lowest BCUT2D eigenvalue weighted by atomic mass is 10.1. The van der Waals surface area contributed by atoms with Gasteiger partial charge >= 0.3 is 0 Å². The fourth-order valence-electron chi connectivity index (χ4n) is 3.38. The fraction of sp³-hybridized carbons (Fsp3) is 0.125. The summed E-state index contributed by atoms with van der Waals surface area (Å²) in [5, 5.41) is 7.88. The standard InChI is InChI=1S/C24H22N4O5S/c1-3-34(31,32)27-20-14-13-16(15-21(20)33-2)25-23(29)22-18-11-7-8-12-19(18)24(30)28(26-22)17-9-5-4-6-10-17/h4-15,27H,3H2,1-2H3,(H,25,29). The summed E-state index contributed by atoms with van der Waals surface area (Å²) < 4.78 is 32.7. The first-order chi connectivity index (χ1) is 16.3. The molecular formula is C24H22N4O5S. The van der Waals surface area contributed by atoms with Crippen molar-refractivity contribution in [1.29, 1.82) is 0 Å². The second-order valence-electron chi connectivity index (χ2n) is 7.32. The van der Waals surface area contributed by atoms with Gasteiger partial charge in [-0.15, -0.1) is 0 Å². The van der Waals surface area contributed by atoms with E-state index in [0.717, 1.165) is 0 Å². The predicted octanol–water partition coefficient (Wildman–Crippen LogP) is 3.41. The Kier molecular flexibility index (Phi) is 6.33. The third kappa shape index (κ3) is 4.62. The Balaban J connectivity index is 1.74. The van der Waals surface area contributed by atoms with Crippen molar-refractivity contribution >= 4 is 38.1 Å². The lowest BCUT2D eigenvalue weighted by molar-refractivity contribution is 0.102. The lowest BCUT2D eigenvalue weighted by Crippen LogP contribution is -2.26. The van der Waals surface area contributed by atoms with E-state index in [9.17, 15) is 18.0 Å². The molecule has 0 fully saturated rings. The zero-order valence-corrected chi connectivity index (χ0v) is 19.3. The van der Waals surface area contributed by atoms with Gasteiger partial charge in [-0.1, -0.05) is 36.4 Å². The number of fused-ring (bicyclic) bond motifs is 1. The molecule has 34 heavy (non-hydrogen) atoms. The van der Waals surface area contributed by atoms with Crippen molar-refractivity contribution in [1.82, 2.24) is 9.78 Å². The largest absolute Gasteiger partial charge is 0.494 e. The van der Waals surface area contributed by atoms with Gasteiger partial charge in [-0.05, 0) is 37.3 Å². The van der Waals surface area contributed by atoms with E-state index in [2.05, 4.69) is 15.1 Å². The van der Waals surface area contributed by atoms with Gasteiger partial charge in [-0.25, -0.2) is 8.42 Å². The summed E-state index contributed by atoms with van der Waals surface area (Å²) in [6.45, 7) is 1.52. The van der Waals surface area contributed by atoms with Crippen molar-refractivity contribution in [2.45, 2.75) is 6.92 Å². The first-order valence-electron chi connectivity index (χ1n) is 10.4. The van der Waals surface area contributed by atoms with E-state index in [1.54, 1.807) is 54.6 Å². The van der Waals surface area contributed by atoms with Gasteiger partial charge in [-0.3, -0.25) is 14.3 Å². The highest BCUT2D eigenvalue weighted by Gasteiger charge is 2.19. The molecule has 1 heterocycles. The van der Waals surface area contributed by atoms with Gasteiger partial charge in [0.15, 0.2) is 5.69 Å². The van der Waals surface area contributed by atoms with Gasteiger partial charge in [0.25, 0.3) is 11.5 Å². The van der Waals surface area contributed by atoms with Crippen LogP contribution >= 0.6 is 0 Å². The summed E-state index contributed by atoms with van der Waals surface area (Å²) in [6.07, 6.45) is 0. The number of benzene rings is 3. The van der Waals surface area contributed by atoms with Crippen LogP contribution in [0.4, 0.5) is 11.4 Å². The molecule has 0 aliphatic rings. The van der Waals surface area contributed by atoms with Crippen LogP contribution < -0.4 is 20.3 Å². The van der Waals surface area contributed by atoms with Gasteiger partial charge in [0.2, 0.25) is 10.0 Å². The molecule has 0 radical (unpaired) electrons. The summed E-state index contributed by atoms with van der Waals surface area (Å²) in [5.41, 5.74) is 0.871. The van der Waals surface area contributed by atoms with Crippen molar-refractivity contribution in [3.63, 3.8) is 0 Å². The van der Waals surface area contributed by atoms with Crippen LogP contribution in [0.3, 0.4) is 0 Å². The molecule has 9 nitrogen and oxygen atoms in total. The average Bonchev–Trinajstić information content (AvgIpc) is 2.85. The number of aromatic nitrogens is 2. The lowest BCUT2D eigenvalue weighted by Gasteiger charge is -2.14. The maximum absolute atomic E-state index is 13.2. The topological polar surface area (TPSA) is 119 Å². The molecule has 1 amide bonds. The van der Waals surface area contributed by atoms with E-state index < -0.39 is 15.9 Å². The Morgan fingerprint density at radius 3 is 2.35 bits per heavy atom. The van der Waals surface area contributed by atoms with Crippen LogP contribution in [0, 0.1) is 0 Å². The zero-order valence-electron chi connectivity index (χ0n) is 18.5. The minimum Gasteiger partial charge on any atom is -0.494 e. The molecule has 0 spiro atoms. The van der Waals surface area contributed by atoms with Crippen molar-refractivity contribution in [2.24, 2.45) is 0 Å². The summed E-state index contributed by atoms with van der Waals surface area (Å²) >= 11 is 0. The maximum Gasteiger partial charge on any atom is 0.279 e. The molecule has 0 atom stereocenters. The van der Waals surface area contributed by atoms with Crippen LogP contribution in [0.1, 0.15) is 17.4 Å². The molecule has 0 saturated heterocycles. The quantitative estimate of drug-likeness (QED) is 0.420. The highest BCUT2D eigenvalue weighted by atomic mass is 32.2. The zero-order chi connectivity index (χ0) is 24.3. The molecule has 2 N–H and O–H groups in total. The third-order valence-corrected chi connectivity index (χ3v) is 6.42. The predicted molar refractivity (Wildman–Crippen MR) is 131 cm³/mol. The summed E-state index contributed by atoms with van der Waals surface area (Å²) in [4.78, 5) is 26.3. The normalized spacial score (nSPS) is 11.2. The van der Waals surface area contributed by atoms with E-state index >= 15 is 0 Å². The van der Waals surface area contributed by atoms with Crippen molar-refractivity contribution in [2.75, 3.05) is 22.9 Å². The van der Waals surface area contributed by atoms with Crippen LogP contribution in [-0.4, -0.2) is 37.0 Å². The second-order valence-corrected chi connectivity index (χ2v) is 9.33. The van der Waals surface area contributed by atoms with E-state index in [1.807, 2.05) is 6.07 Å². The first kappa shape index (κ1) is 23.0. The van der Waals surface area contributed by atoms with Gasteiger partial charge in [0, 0.05) is 17.1 Å². The molecule has 174 valence electrons. The maximum atomic E-state index is 13.2. The third-order valence-electron chi connectivity index (χ3n) is 5.13. The molecule has 0 aliphatic carbocycles. The number of carbonyl (C=O) groups excluding carboxylic acids is 1. The number of anilines is 2. The molecule has 0 aliphatic heterocycles. The number of amides is 1. The van der Waals surface area contributed by atoms with E-state index in [-0.39, 0.29) is 28.4 Å². The highest BCUT2D eigenvalue weighted by Crippen LogP contribution is 2.29. The van der Waals surface area contributed by atoms with Crippen LogP contribution in [-0.2, 0) is 10.0 Å². The number of hydrogen-bond acceptors (Lipinski definition) is 6. The number of nitrogens with zero attached hydrogens (tertiary/aromatic N) is 2. The molecule has 0 bridgehead atoms. The highest BCUT2D eigenvalue weighted by molar-refractivity contribution is 7.92. The van der Waals surface area contributed by atoms with Gasteiger partial charge in [-0.2, -0.15) is 9.78 Å². The number of methoxy groups -OCH3 is 1. The number of para-hydroxylation sites is 1. The summed E-state index contributed by atoms with van der Waals surface area (Å²) in [7, 11) is -2.10. The van der Waals surface area contributed by atoms with Crippen LogP contribution in [0.25, 0.3) is 16.5 Å². The number of sulfonamides is 1. The number of ether oxygens (including phenoxy) is 1. The first-order valence-corrected chi connectivity index (χ1v) is 12.1. The smallest absolute Gasteiger partial charge is 0.279 e. The number of rotatable bonds is 7. The minimum absolute atomic E-state index is 0.0637. The van der Waals surface area contributed by atoms with E-state index in [0.29, 0.717) is 22.1 Å². The summed E-state index contributed by atoms with van der Waals surface area (Å²) in [5.74, 6) is -0.392. The molecule has 0 saturated carbocycles. The number of hydrogen-bond donors (Lipinski definition) is 2. The molecular weight excluding hydrogens is 456 g/mol. The SMILES string of the molecule is CCS(=O)(=O)Nc1ccc(NC(=O)c2nn(-c3ccccc3)c(=O)c3ccccc23)cc1OC. The Morgan fingerprint density at radius 1 is 1.00 bits per heavy atom. The average molecular weight is 479 g/mol. The number of nitrogens with one attached hydrogen (secondary N) is 2. The van der Waals surface area contributed by atoms with Gasteiger partial charge < -0.3 is 10.1 Å². The Bertz CT molecular complexity index is 1530. The molecule has 4 rings (SSSR count).